The number of aromatic nitrogens is 1. The van der Waals surface area contributed by atoms with Crippen molar-refractivity contribution in [2.75, 3.05) is 19.8 Å². The van der Waals surface area contributed by atoms with Crippen molar-refractivity contribution in [3.63, 3.8) is 0 Å². The van der Waals surface area contributed by atoms with Crippen LogP contribution in [0.25, 0.3) is 0 Å². The van der Waals surface area contributed by atoms with E-state index in [9.17, 15) is 9.59 Å². The number of hydrogen-bond donors (Lipinski definition) is 2. The van der Waals surface area contributed by atoms with Crippen LogP contribution in [0.15, 0.2) is 104 Å². The predicted molar refractivity (Wildman–Crippen MR) is 191 cm³/mol. The zero-order chi connectivity index (χ0) is 36.9. The minimum Gasteiger partial charge on any atom is -0.504 e. The maximum absolute atomic E-state index is 10.9. The molecule has 10 nitrogen and oxygen atoms in total. The van der Waals surface area contributed by atoms with Gasteiger partial charge in [-0.3, -0.25) is 9.59 Å². The number of ether oxygens (including phenoxy) is 5. The number of aromatic hydroxyl groups is 2. The van der Waals surface area contributed by atoms with Crippen molar-refractivity contribution in [1.29, 1.82) is 0 Å². The molecule has 0 fully saturated rings. The first-order valence-electron chi connectivity index (χ1n) is 15.8. The number of aryl methyl sites for hydroxylation is 2. The van der Waals surface area contributed by atoms with Crippen LogP contribution in [0.4, 0.5) is 0 Å². The maximum Gasteiger partial charge on any atom is 0.197 e. The Bertz CT molecular complexity index is 1380. The van der Waals surface area contributed by atoms with Gasteiger partial charge in [0.05, 0.1) is 12.9 Å². The van der Waals surface area contributed by atoms with E-state index in [-0.39, 0.29) is 11.5 Å². The van der Waals surface area contributed by atoms with E-state index in [1.807, 2.05) is 51.4 Å². The monoisotopic (exact) mass is 678 g/mol. The van der Waals surface area contributed by atoms with E-state index < -0.39 is 12.6 Å². The maximum atomic E-state index is 10.9. The third-order valence-electron chi connectivity index (χ3n) is 5.74. The Hall–Kier alpha value is -5.19. The van der Waals surface area contributed by atoms with Crippen molar-refractivity contribution in [2.24, 2.45) is 0 Å². The van der Waals surface area contributed by atoms with Crippen molar-refractivity contribution >= 4 is 12.6 Å². The van der Waals surface area contributed by atoms with Gasteiger partial charge in [-0.1, -0.05) is 48.0 Å². The SMILES string of the molecule is C=COCC.CCOC(C)Oc1ccc(C=O)cc1OC(C)OCC.Cc1ccc(C)cc1.O=Cc1ccc(O)c(O)c1.c1cc[nH+]cc1. The Morgan fingerprint density at radius 1 is 0.673 bits per heavy atom. The van der Waals surface area contributed by atoms with Gasteiger partial charge in [0.2, 0.25) is 0 Å². The number of nitrogens with one attached hydrogen (secondary N) is 1. The van der Waals surface area contributed by atoms with Gasteiger partial charge in [0, 0.05) is 36.5 Å². The molecule has 1 aromatic heterocycles. The highest BCUT2D eigenvalue weighted by molar-refractivity contribution is 5.76. The Morgan fingerprint density at radius 2 is 1.16 bits per heavy atom. The summed E-state index contributed by atoms with van der Waals surface area (Å²) >= 11 is 0. The number of H-pyrrole nitrogens is 1. The van der Waals surface area contributed by atoms with Crippen LogP contribution in [0.2, 0.25) is 0 Å². The minimum atomic E-state index is -0.424. The molecule has 0 aliphatic rings. The van der Waals surface area contributed by atoms with Crippen molar-refractivity contribution in [3.8, 4) is 23.0 Å². The summed E-state index contributed by atoms with van der Waals surface area (Å²) < 4.78 is 26.5. The molecule has 0 spiro atoms. The standard InChI is InChI=1S/C15H22O5.C8H10.C7H6O3.C5H5N.C4H8O/c1-5-17-11(3)19-14-8-7-13(10-16)9-15(14)20-12(4)18-6-2;1-7-3-5-8(2)6-4-7;8-4-5-1-2-6(9)7(10)3-5;1-2-4-6-5-3-1;1-3-5-4-2/h7-12H,5-6H2,1-4H3;3-6H,1-2H3;1-4,9-10H;1-5H;3H,1,4H2,2H3/p+1. The second-order valence-corrected chi connectivity index (χ2v) is 9.83. The fourth-order valence-corrected chi connectivity index (χ4v) is 3.39. The molecule has 10 heteroatoms. The van der Waals surface area contributed by atoms with Crippen LogP contribution < -0.4 is 14.5 Å². The number of pyridine rings is 1. The van der Waals surface area contributed by atoms with Crippen molar-refractivity contribution in [3.05, 3.63) is 126 Å². The van der Waals surface area contributed by atoms with Gasteiger partial charge in [-0.2, -0.15) is 0 Å². The molecule has 266 valence electrons. The molecule has 0 saturated carbocycles. The van der Waals surface area contributed by atoms with Gasteiger partial charge in [0.25, 0.3) is 0 Å². The average Bonchev–Trinajstić information content (AvgIpc) is 3.10. The van der Waals surface area contributed by atoms with E-state index in [1.165, 1.54) is 35.6 Å². The molecule has 0 radical (unpaired) electrons. The summed E-state index contributed by atoms with van der Waals surface area (Å²) in [4.78, 5) is 23.8. The number of aromatic amines is 1. The Morgan fingerprint density at radius 3 is 1.53 bits per heavy atom. The molecule has 3 aromatic carbocycles. The molecule has 1 heterocycles. The number of benzene rings is 3. The highest BCUT2D eigenvalue weighted by Crippen LogP contribution is 2.30. The predicted octanol–water partition coefficient (Wildman–Crippen LogP) is 7.90. The lowest BCUT2D eigenvalue weighted by Gasteiger charge is -2.20. The summed E-state index contributed by atoms with van der Waals surface area (Å²) in [7, 11) is 0. The lowest BCUT2D eigenvalue weighted by atomic mass is 10.2. The molecule has 4 aromatic rings. The molecule has 0 aliphatic heterocycles. The van der Waals surface area contributed by atoms with E-state index in [0.29, 0.717) is 42.1 Å². The Kier molecular flexibility index (Phi) is 24.9. The number of hydrogen-bond acceptors (Lipinski definition) is 9. The molecule has 3 N–H and O–H groups in total. The quantitative estimate of drug-likeness (QED) is 0.0663. The lowest BCUT2D eigenvalue weighted by molar-refractivity contribution is -0.377. The van der Waals surface area contributed by atoms with Gasteiger partial charge >= 0.3 is 0 Å². The van der Waals surface area contributed by atoms with Crippen molar-refractivity contribution < 1.29 is 48.5 Å². The highest BCUT2D eigenvalue weighted by Gasteiger charge is 2.13. The molecular formula is C39H52NO9+. The largest absolute Gasteiger partial charge is 0.504 e. The highest BCUT2D eigenvalue weighted by atomic mass is 16.7. The van der Waals surface area contributed by atoms with E-state index in [0.717, 1.165) is 12.9 Å². The summed E-state index contributed by atoms with van der Waals surface area (Å²) in [6, 6.07) is 23.2. The molecule has 2 atom stereocenters. The van der Waals surface area contributed by atoms with Crippen molar-refractivity contribution in [2.45, 2.75) is 61.0 Å². The number of aldehydes is 2. The second-order valence-electron chi connectivity index (χ2n) is 9.83. The van der Waals surface area contributed by atoms with Gasteiger partial charge in [-0.05, 0) is 84.9 Å². The summed E-state index contributed by atoms with van der Waals surface area (Å²) in [6.45, 7) is 18.6. The third-order valence-corrected chi connectivity index (χ3v) is 5.74. The normalized spacial score (nSPS) is 10.6. The molecule has 2 unspecified atom stereocenters. The van der Waals surface area contributed by atoms with Crippen LogP contribution >= 0.6 is 0 Å². The summed E-state index contributed by atoms with van der Waals surface area (Å²) in [5.74, 6) is 0.486. The van der Waals surface area contributed by atoms with Crippen LogP contribution in [0.5, 0.6) is 23.0 Å². The summed E-state index contributed by atoms with van der Waals surface area (Å²) in [5.41, 5.74) is 3.52. The first-order valence-corrected chi connectivity index (χ1v) is 15.8. The number of carbonyl (C=O) groups is 2. The van der Waals surface area contributed by atoms with Gasteiger partial charge in [0.15, 0.2) is 48.0 Å². The molecule has 49 heavy (non-hydrogen) atoms. The zero-order valence-electron chi connectivity index (χ0n) is 29.6. The summed E-state index contributed by atoms with van der Waals surface area (Å²) in [6.07, 6.45) is 5.71. The van der Waals surface area contributed by atoms with E-state index in [2.05, 4.69) is 54.4 Å². The molecule has 0 bridgehead atoms. The van der Waals surface area contributed by atoms with E-state index >= 15 is 0 Å². The first-order chi connectivity index (χ1) is 23.5. The Balaban J connectivity index is 0.000000658. The number of phenols is 2. The third kappa shape index (κ3) is 22.1. The summed E-state index contributed by atoms with van der Waals surface area (Å²) in [5, 5.41) is 17.6. The molecule has 4 rings (SSSR count). The van der Waals surface area contributed by atoms with Gasteiger partial charge in [-0.25, -0.2) is 4.98 Å². The molecule has 0 aliphatic carbocycles. The van der Waals surface area contributed by atoms with E-state index in [1.54, 1.807) is 32.0 Å². The first kappa shape index (κ1) is 43.8. The van der Waals surface area contributed by atoms with E-state index in [4.69, 9.17) is 29.2 Å². The van der Waals surface area contributed by atoms with Crippen molar-refractivity contribution in [1.82, 2.24) is 0 Å². The lowest BCUT2D eigenvalue weighted by Crippen LogP contribution is -2.19. The van der Waals surface area contributed by atoms with Gasteiger partial charge < -0.3 is 33.9 Å². The minimum absolute atomic E-state index is 0.217. The van der Waals surface area contributed by atoms with Crippen LogP contribution in [0, 0.1) is 13.8 Å². The van der Waals surface area contributed by atoms with Crippen LogP contribution in [-0.4, -0.2) is 55.2 Å². The molecule has 0 saturated heterocycles. The second kappa shape index (κ2) is 27.9. The molecular weight excluding hydrogens is 626 g/mol. The van der Waals surface area contributed by atoms with Crippen LogP contribution in [-0.2, 0) is 14.2 Å². The smallest absolute Gasteiger partial charge is 0.197 e. The van der Waals surface area contributed by atoms with Crippen LogP contribution in [0.1, 0.15) is 66.5 Å². The number of carbonyl (C=O) groups excluding carboxylic acids is 2. The van der Waals surface area contributed by atoms with Crippen LogP contribution in [0.3, 0.4) is 0 Å². The van der Waals surface area contributed by atoms with Gasteiger partial charge in [-0.15, -0.1) is 0 Å². The number of phenolic OH excluding ortho intramolecular Hbond substituents is 2. The Labute approximate surface area is 290 Å². The fourth-order valence-electron chi connectivity index (χ4n) is 3.39. The number of rotatable bonds is 12. The average molecular weight is 679 g/mol. The van der Waals surface area contributed by atoms with Gasteiger partial charge in [0.1, 0.15) is 12.6 Å². The molecule has 0 amide bonds. The fraction of sp³-hybridized carbons (Fsp3) is 0.308. The zero-order valence-corrected chi connectivity index (χ0v) is 29.6. The topological polar surface area (TPSA) is 135 Å².